The molecule has 1 aliphatic carbocycles. The summed E-state index contributed by atoms with van der Waals surface area (Å²) in [6.07, 6.45) is 1.47. The van der Waals surface area contributed by atoms with Crippen LogP contribution in [0.4, 0.5) is 0 Å². The highest BCUT2D eigenvalue weighted by Crippen LogP contribution is 2.47. The molecular weight excluding hydrogens is 400 g/mol. The molecule has 1 aliphatic rings. The zero-order valence-corrected chi connectivity index (χ0v) is 16.7. The summed E-state index contributed by atoms with van der Waals surface area (Å²) in [5, 5.41) is 41.6. The van der Waals surface area contributed by atoms with Crippen LogP contribution < -0.4 is 4.74 Å². The van der Waals surface area contributed by atoms with E-state index in [-0.39, 0.29) is 45.0 Å². The van der Waals surface area contributed by atoms with E-state index in [2.05, 4.69) is 0 Å². The number of hydrogen-bond acceptors (Lipinski definition) is 7. The van der Waals surface area contributed by atoms with Gasteiger partial charge in [-0.05, 0) is 18.6 Å². The first-order valence-corrected chi connectivity index (χ1v) is 9.58. The maximum absolute atomic E-state index is 13.1. The lowest BCUT2D eigenvalue weighted by atomic mass is 9.81. The van der Waals surface area contributed by atoms with E-state index >= 15 is 0 Å². The molecule has 29 heavy (non-hydrogen) atoms. The van der Waals surface area contributed by atoms with Crippen LogP contribution in [-0.4, -0.2) is 39.1 Å². The molecule has 1 unspecified atom stereocenters. The topological polar surface area (TPSA) is 124 Å². The molecule has 0 aliphatic heterocycles. The van der Waals surface area contributed by atoms with Gasteiger partial charge in [-0.1, -0.05) is 37.8 Å². The number of aliphatic hydroxyl groups excluding tert-OH is 1. The Morgan fingerprint density at radius 3 is 2.24 bits per heavy atom. The largest absolute Gasteiger partial charge is 0.507 e. The number of benzene rings is 2. The molecule has 0 bridgehead atoms. The number of carbonyl (C=O) groups excluding carboxylic acids is 2. The number of aromatic hydroxyl groups is 3. The van der Waals surface area contributed by atoms with Crippen molar-refractivity contribution in [3.63, 3.8) is 0 Å². The Hall–Kier alpha value is -2.77. The summed E-state index contributed by atoms with van der Waals surface area (Å²) in [6.45, 7) is 1.99. The predicted molar refractivity (Wildman–Crippen MR) is 105 cm³/mol. The molecule has 7 nitrogen and oxygen atoms in total. The molecule has 0 radical (unpaired) electrons. The summed E-state index contributed by atoms with van der Waals surface area (Å²) in [4.78, 5) is 26.0. The van der Waals surface area contributed by atoms with Gasteiger partial charge in [0, 0.05) is 11.1 Å². The van der Waals surface area contributed by atoms with E-state index in [1.165, 1.54) is 13.2 Å². The summed E-state index contributed by atoms with van der Waals surface area (Å²) in [7, 11) is 1.29. The SMILES string of the molecule is CCCCCC(O)c1c(O)cc2c(c1O)C(=O)c1c(cc(OC)c(Cl)c1O)C2=O. The number of unbranched alkanes of at least 4 members (excludes halogenated alkanes) is 2. The molecule has 4 N–H and O–H groups in total. The van der Waals surface area contributed by atoms with Crippen molar-refractivity contribution in [2.75, 3.05) is 7.11 Å². The lowest BCUT2D eigenvalue weighted by molar-refractivity contribution is 0.0971. The van der Waals surface area contributed by atoms with E-state index in [1.807, 2.05) is 6.92 Å². The summed E-state index contributed by atoms with van der Waals surface area (Å²) in [5.74, 6) is -3.33. The summed E-state index contributed by atoms with van der Waals surface area (Å²) < 4.78 is 5.02. The Balaban J connectivity index is 2.18. The smallest absolute Gasteiger partial charge is 0.202 e. The van der Waals surface area contributed by atoms with E-state index in [9.17, 15) is 30.0 Å². The highest BCUT2D eigenvalue weighted by Gasteiger charge is 2.38. The quantitative estimate of drug-likeness (QED) is 0.446. The Labute approximate surface area is 172 Å². The minimum absolute atomic E-state index is 0.00364. The average molecular weight is 421 g/mol. The number of carbonyl (C=O) groups is 2. The maximum Gasteiger partial charge on any atom is 0.202 e. The Kier molecular flexibility index (Phi) is 5.73. The third-order valence-electron chi connectivity index (χ3n) is 5.10. The van der Waals surface area contributed by atoms with Crippen molar-refractivity contribution >= 4 is 23.2 Å². The first kappa shape index (κ1) is 21.0. The molecule has 0 saturated carbocycles. The van der Waals surface area contributed by atoms with Crippen molar-refractivity contribution in [2.24, 2.45) is 0 Å². The van der Waals surface area contributed by atoms with Crippen LogP contribution in [0, 0.1) is 0 Å². The van der Waals surface area contributed by atoms with Crippen molar-refractivity contribution in [1.82, 2.24) is 0 Å². The van der Waals surface area contributed by atoms with Gasteiger partial charge in [-0.15, -0.1) is 0 Å². The standard InChI is InChI=1S/C21H21ClO7/c1-3-4-5-6-11(23)16-12(24)7-9-14(20(16)27)19(26)15-10(18(9)25)8-13(29-2)17(22)21(15)28/h7-8,11,23-24,27-28H,3-6H2,1-2H3. The van der Waals surface area contributed by atoms with Crippen LogP contribution in [-0.2, 0) is 0 Å². The number of phenols is 3. The summed E-state index contributed by atoms with van der Waals surface area (Å²) in [6, 6.07) is 2.27. The third-order valence-corrected chi connectivity index (χ3v) is 5.47. The van der Waals surface area contributed by atoms with Crippen molar-refractivity contribution in [3.05, 3.63) is 45.0 Å². The second-order valence-electron chi connectivity index (χ2n) is 6.91. The maximum atomic E-state index is 13.1. The minimum Gasteiger partial charge on any atom is -0.507 e. The molecule has 2 aromatic rings. The van der Waals surface area contributed by atoms with Gasteiger partial charge in [0.1, 0.15) is 28.0 Å². The molecule has 8 heteroatoms. The molecule has 1 atom stereocenters. The first-order valence-electron chi connectivity index (χ1n) is 9.20. The molecule has 0 saturated heterocycles. The number of phenolic OH excluding ortho intramolecular Hbond substituents is 3. The van der Waals surface area contributed by atoms with Crippen LogP contribution >= 0.6 is 11.6 Å². The van der Waals surface area contributed by atoms with Gasteiger partial charge in [0.15, 0.2) is 5.78 Å². The second kappa shape index (κ2) is 7.93. The van der Waals surface area contributed by atoms with Gasteiger partial charge in [0.25, 0.3) is 0 Å². The molecule has 154 valence electrons. The number of ether oxygens (including phenoxy) is 1. The number of aliphatic hydroxyl groups is 1. The van der Waals surface area contributed by atoms with Gasteiger partial charge >= 0.3 is 0 Å². The predicted octanol–water partition coefficient (Wildman–Crippen LogP) is 3.85. The fraction of sp³-hybridized carbons (Fsp3) is 0.333. The second-order valence-corrected chi connectivity index (χ2v) is 7.29. The Morgan fingerprint density at radius 2 is 1.62 bits per heavy atom. The van der Waals surface area contributed by atoms with Crippen LogP contribution in [0.1, 0.15) is 76.1 Å². The van der Waals surface area contributed by atoms with Gasteiger partial charge < -0.3 is 25.2 Å². The molecule has 0 aromatic heterocycles. The molecule has 0 fully saturated rings. The van der Waals surface area contributed by atoms with Gasteiger partial charge in [0.05, 0.1) is 29.9 Å². The molecule has 0 heterocycles. The van der Waals surface area contributed by atoms with Crippen LogP contribution in [0.3, 0.4) is 0 Å². The van der Waals surface area contributed by atoms with E-state index in [1.54, 1.807) is 0 Å². The van der Waals surface area contributed by atoms with Crippen LogP contribution in [0.15, 0.2) is 12.1 Å². The number of methoxy groups -OCH3 is 1. The van der Waals surface area contributed by atoms with E-state index < -0.39 is 34.9 Å². The lowest BCUT2D eigenvalue weighted by Gasteiger charge is -2.24. The van der Waals surface area contributed by atoms with Crippen LogP contribution in [0.5, 0.6) is 23.0 Å². The molecule has 3 rings (SSSR count). The van der Waals surface area contributed by atoms with Gasteiger partial charge in [-0.2, -0.15) is 0 Å². The number of rotatable bonds is 6. The fourth-order valence-electron chi connectivity index (χ4n) is 3.59. The number of halogens is 1. The van der Waals surface area contributed by atoms with Gasteiger partial charge in [0.2, 0.25) is 5.78 Å². The zero-order chi connectivity index (χ0) is 21.5. The van der Waals surface area contributed by atoms with Gasteiger partial charge in [-0.25, -0.2) is 0 Å². The Morgan fingerprint density at radius 1 is 1.00 bits per heavy atom. The monoisotopic (exact) mass is 420 g/mol. The third kappa shape index (κ3) is 3.30. The normalized spacial score (nSPS) is 13.8. The minimum atomic E-state index is -1.22. The number of ketones is 2. The van der Waals surface area contributed by atoms with E-state index in [0.717, 1.165) is 18.9 Å². The molecule has 0 amide bonds. The van der Waals surface area contributed by atoms with Crippen molar-refractivity contribution in [2.45, 2.75) is 38.7 Å². The zero-order valence-electron chi connectivity index (χ0n) is 16.0. The van der Waals surface area contributed by atoms with Gasteiger partial charge in [-0.3, -0.25) is 9.59 Å². The fourth-order valence-corrected chi connectivity index (χ4v) is 3.81. The van der Waals surface area contributed by atoms with E-state index in [0.29, 0.717) is 6.42 Å². The lowest BCUT2D eigenvalue weighted by Crippen LogP contribution is -2.22. The highest BCUT2D eigenvalue weighted by atomic mass is 35.5. The highest BCUT2D eigenvalue weighted by molar-refractivity contribution is 6.37. The molecular formula is C21H21ClO7. The van der Waals surface area contributed by atoms with E-state index in [4.69, 9.17) is 16.3 Å². The van der Waals surface area contributed by atoms with Crippen molar-refractivity contribution in [3.8, 4) is 23.0 Å². The summed E-state index contributed by atoms with van der Waals surface area (Å²) in [5.41, 5.74) is -1.35. The first-order chi connectivity index (χ1) is 13.7. The molecule has 2 aromatic carbocycles. The number of hydrogen-bond donors (Lipinski definition) is 4. The van der Waals surface area contributed by atoms with Crippen LogP contribution in [0.25, 0.3) is 0 Å². The average Bonchev–Trinajstić information content (AvgIpc) is 2.67. The summed E-state index contributed by atoms with van der Waals surface area (Å²) >= 11 is 6.01. The van der Waals surface area contributed by atoms with Crippen LogP contribution in [0.2, 0.25) is 5.02 Å². The molecule has 0 spiro atoms. The Bertz CT molecular complexity index is 1010. The van der Waals surface area contributed by atoms with Crippen molar-refractivity contribution in [1.29, 1.82) is 0 Å². The van der Waals surface area contributed by atoms with Crippen molar-refractivity contribution < 1.29 is 34.8 Å². The number of fused-ring (bicyclic) bond motifs is 2.